The van der Waals surface area contributed by atoms with E-state index in [2.05, 4.69) is 10.3 Å². The maximum atomic E-state index is 14.2. The van der Waals surface area contributed by atoms with Crippen molar-refractivity contribution in [3.05, 3.63) is 77.5 Å². The first-order chi connectivity index (χ1) is 12.0. The molecule has 0 unspecified atom stereocenters. The summed E-state index contributed by atoms with van der Waals surface area (Å²) in [5, 5.41) is 2.68. The number of halogens is 3. The summed E-state index contributed by atoms with van der Waals surface area (Å²) in [4.78, 5) is 16.4. The molecule has 1 aliphatic heterocycles. The van der Waals surface area contributed by atoms with E-state index < -0.39 is 23.4 Å². The number of hydrogen-bond acceptors (Lipinski definition) is 2. The third-order valence-corrected chi connectivity index (χ3v) is 4.22. The number of nitrogens with one attached hydrogen (secondary N) is 1. The Kier molecular flexibility index (Phi) is 3.56. The first kappa shape index (κ1) is 15.4. The molecular formula is C18H12F3N3O. The van der Waals surface area contributed by atoms with Crippen LogP contribution in [0, 0.1) is 17.5 Å². The molecule has 7 heteroatoms. The normalized spacial score (nSPS) is 16.4. The number of anilines is 1. The van der Waals surface area contributed by atoms with Crippen LogP contribution in [-0.4, -0.2) is 15.5 Å². The quantitative estimate of drug-likeness (QED) is 0.770. The average Bonchev–Trinajstić information content (AvgIpc) is 3.00. The van der Waals surface area contributed by atoms with Gasteiger partial charge in [0.25, 0.3) is 0 Å². The minimum absolute atomic E-state index is 0.0481. The van der Waals surface area contributed by atoms with Crippen LogP contribution in [0.2, 0.25) is 0 Å². The third-order valence-electron chi connectivity index (χ3n) is 4.22. The number of nitrogens with zero attached hydrogens (tertiary/aromatic N) is 2. The van der Waals surface area contributed by atoms with Gasteiger partial charge in [-0.15, -0.1) is 0 Å². The van der Waals surface area contributed by atoms with Crippen molar-refractivity contribution in [2.24, 2.45) is 0 Å². The molecule has 0 fully saturated rings. The molecule has 4 rings (SSSR count). The summed E-state index contributed by atoms with van der Waals surface area (Å²) < 4.78 is 42.8. The van der Waals surface area contributed by atoms with Crippen molar-refractivity contribution >= 4 is 11.7 Å². The number of aromatic nitrogens is 2. The van der Waals surface area contributed by atoms with E-state index in [1.807, 2.05) is 0 Å². The van der Waals surface area contributed by atoms with E-state index in [9.17, 15) is 18.0 Å². The molecule has 1 amide bonds. The molecular weight excluding hydrogens is 331 g/mol. The molecule has 2 heterocycles. The van der Waals surface area contributed by atoms with Gasteiger partial charge in [0.15, 0.2) is 11.6 Å². The largest absolute Gasteiger partial charge is 0.310 e. The zero-order chi connectivity index (χ0) is 17.6. The lowest BCUT2D eigenvalue weighted by molar-refractivity contribution is -0.116. The maximum absolute atomic E-state index is 14.2. The van der Waals surface area contributed by atoms with Crippen molar-refractivity contribution in [2.45, 2.75) is 12.3 Å². The molecule has 0 spiro atoms. The third kappa shape index (κ3) is 2.57. The zero-order valence-corrected chi connectivity index (χ0v) is 12.8. The van der Waals surface area contributed by atoms with Crippen LogP contribution in [0.5, 0.6) is 0 Å². The Bertz CT molecular complexity index is 983. The molecule has 1 aromatic heterocycles. The zero-order valence-electron chi connectivity index (χ0n) is 12.8. The first-order valence-electron chi connectivity index (χ1n) is 7.61. The van der Waals surface area contributed by atoms with Crippen molar-refractivity contribution in [3.8, 4) is 5.69 Å². The van der Waals surface area contributed by atoms with Gasteiger partial charge in [0, 0.05) is 17.9 Å². The Morgan fingerprint density at radius 1 is 1.12 bits per heavy atom. The predicted molar refractivity (Wildman–Crippen MR) is 85.0 cm³/mol. The second-order valence-electron chi connectivity index (χ2n) is 5.78. The van der Waals surface area contributed by atoms with Crippen molar-refractivity contribution in [1.29, 1.82) is 0 Å². The van der Waals surface area contributed by atoms with Gasteiger partial charge in [0.05, 0.1) is 11.4 Å². The van der Waals surface area contributed by atoms with Gasteiger partial charge in [0.1, 0.15) is 18.0 Å². The Balaban J connectivity index is 1.86. The molecule has 2 aromatic carbocycles. The number of rotatable bonds is 2. The summed E-state index contributed by atoms with van der Waals surface area (Å²) >= 11 is 0. The molecule has 0 aliphatic carbocycles. The standard InChI is InChI=1S/C18H12F3N3O/c19-10-3-1-4-11(7-10)24-9-22-17-13(8-15(25)23-18(17)24)12-5-2-6-14(20)16(12)21/h1-7,9,13H,8H2,(H,23,25)/t13-/m0/s1. The summed E-state index contributed by atoms with van der Waals surface area (Å²) in [5.74, 6) is -3.14. The highest BCUT2D eigenvalue weighted by molar-refractivity contribution is 5.94. The van der Waals surface area contributed by atoms with Gasteiger partial charge >= 0.3 is 0 Å². The van der Waals surface area contributed by atoms with Gasteiger partial charge in [-0.05, 0) is 24.3 Å². The smallest absolute Gasteiger partial charge is 0.226 e. The number of amides is 1. The van der Waals surface area contributed by atoms with Crippen LogP contribution >= 0.6 is 0 Å². The van der Waals surface area contributed by atoms with Crippen molar-refractivity contribution in [1.82, 2.24) is 9.55 Å². The second-order valence-corrected chi connectivity index (χ2v) is 5.78. The molecule has 1 atom stereocenters. The van der Waals surface area contributed by atoms with E-state index in [0.29, 0.717) is 17.2 Å². The predicted octanol–water partition coefficient (Wildman–Crippen LogP) is 3.76. The SMILES string of the molecule is O=C1C[C@@H](c2cccc(F)c2F)c2ncn(-c3cccc(F)c3)c2N1. The molecule has 0 saturated heterocycles. The molecule has 25 heavy (non-hydrogen) atoms. The van der Waals surface area contributed by atoms with Gasteiger partial charge in [-0.2, -0.15) is 0 Å². The topological polar surface area (TPSA) is 46.9 Å². The summed E-state index contributed by atoms with van der Waals surface area (Å²) in [6, 6.07) is 9.63. The van der Waals surface area contributed by atoms with Gasteiger partial charge < -0.3 is 5.32 Å². The summed E-state index contributed by atoms with van der Waals surface area (Å²) in [7, 11) is 0. The fourth-order valence-electron chi connectivity index (χ4n) is 3.08. The van der Waals surface area contributed by atoms with Gasteiger partial charge in [0.2, 0.25) is 5.91 Å². The highest BCUT2D eigenvalue weighted by Crippen LogP contribution is 2.38. The lowest BCUT2D eigenvalue weighted by Crippen LogP contribution is -2.25. The van der Waals surface area contributed by atoms with E-state index in [0.717, 1.165) is 6.07 Å². The molecule has 1 N–H and O–H groups in total. The fraction of sp³-hybridized carbons (Fsp3) is 0.111. The molecule has 126 valence electrons. The second kappa shape index (κ2) is 5.77. The number of fused-ring (bicyclic) bond motifs is 1. The number of imidazole rings is 1. The van der Waals surface area contributed by atoms with E-state index >= 15 is 0 Å². The van der Waals surface area contributed by atoms with Gasteiger partial charge in [-0.3, -0.25) is 9.36 Å². The Hall–Kier alpha value is -3.09. The highest BCUT2D eigenvalue weighted by Gasteiger charge is 2.33. The highest BCUT2D eigenvalue weighted by atomic mass is 19.2. The van der Waals surface area contributed by atoms with Crippen LogP contribution in [0.15, 0.2) is 48.8 Å². The molecule has 1 aliphatic rings. The van der Waals surface area contributed by atoms with Gasteiger partial charge in [-0.1, -0.05) is 18.2 Å². The van der Waals surface area contributed by atoms with E-state index in [-0.39, 0.29) is 17.9 Å². The van der Waals surface area contributed by atoms with Crippen LogP contribution < -0.4 is 5.32 Å². The number of hydrogen-bond donors (Lipinski definition) is 1. The molecule has 0 bridgehead atoms. The van der Waals surface area contributed by atoms with Crippen LogP contribution in [0.4, 0.5) is 19.0 Å². The van der Waals surface area contributed by atoms with Crippen molar-refractivity contribution in [2.75, 3.05) is 5.32 Å². The molecule has 4 nitrogen and oxygen atoms in total. The van der Waals surface area contributed by atoms with Crippen LogP contribution in [0.1, 0.15) is 23.6 Å². The average molecular weight is 343 g/mol. The summed E-state index contributed by atoms with van der Waals surface area (Å²) in [6.07, 6.45) is 1.38. The van der Waals surface area contributed by atoms with E-state index in [4.69, 9.17) is 0 Å². The monoisotopic (exact) mass is 343 g/mol. The molecule has 0 saturated carbocycles. The summed E-state index contributed by atoms with van der Waals surface area (Å²) in [5.41, 5.74) is 0.948. The molecule has 3 aromatic rings. The number of carbonyl (C=O) groups is 1. The Morgan fingerprint density at radius 3 is 2.72 bits per heavy atom. The minimum Gasteiger partial charge on any atom is -0.310 e. The van der Waals surface area contributed by atoms with Gasteiger partial charge in [-0.25, -0.2) is 18.2 Å². The number of carbonyl (C=O) groups excluding carboxylic acids is 1. The lowest BCUT2D eigenvalue weighted by atomic mass is 9.89. The Labute approximate surface area is 140 Å². The van der Waals surface area contributed by atoms with E-state index in [1.165, 1.54) is 41.2 Å². The lowest BCUT2D eigenvalue weighted by Gasteiger charge is -2.23. The Morgan fingerprint density at radius 2 is 1.92 bits per heavy atom. The first-order valence-corrected chi connectivity index (χ1v) is 7.61. The minimum atomic E-state index is -0.992. The van der Waals surface area contributed by atoms with Crippen LogP contribution in [0.3, 0.4) is 0 Å². The molecule has 0 radical (unpaired) electrons. The van der Waals surface area contributed by atoms with Crippen LogP contribution in [0.25, 0.3) is 5.69 Å². The fourth-order valence-corrected chi connectivity index (χ4v) is 3.08. The van der Waals surface area contributed by atoms with Crippen LogP contribution in [-0.2, 0) is 4.79 Å². The number of benzene rings is 2. The summed E-state index contributed by atoms with van der Waals surface area (Å²) in [6.45, 7) is 0. The van der Waals surface area contributed by atoms with Crippen molar-refractivity contribution in [3.63, 3.8) is 0 Å². The van der Waals surface area contributed by atoms with Crippen molar-refractivity contribution < 1.29 is 18.0 Å². The maximum Gasteiger partial charge on any atom is 0.226 e. The van der Waals surface area contributed by atoms with E-state index in [1.54, 1.807) is 6.07 Å².